The molecule has 0 aliphatic carbocycles. The van der Waals surface area contributed by atoms with E-state index in [2.05, 4.69) is 26.1 Å². The summed E-state index contributed by atoms with van der Waals surface area (Å²) in [6.07, 6.45) is 3.43. The number of carbonyl (C=O) groups is 2. The van der Waals surface area contributed by atoms with Crippen LogP contribution in [0.1, 0.15) is 46.5 Å². The van der Waals surface area contributed by atoms with Crippen LogP contribution < -0.4 is 11.1 Å². The normalized spacial score (nSPS) is 20.4. The fraction of sp³-hybridized carbons (Fsp3) is 0.875. The summed E-state index contributed by atoms with van der Waals surface area (Å²) in [6, 6.07) is 0. The molecule has 0 aromatic rings. The third-order valence-electron chi connectivity index (χ3n) is 3.99. The Morgan fingerprint density at radius 1 is 1.33 bits per heavy atom. The lowest BCUT2D eigenvalue weighted by Crippen LogP contribution is -2.46. The lowest BCUT2D eigenvalue weighted by molar-refractivity contribution is -0.136. The molecule has 1 saturated heterocycles. The second-order valence-corrected chi connectivity index (χ2v) is 6.70. The maximum Gasteiger partial charge on any atom is 0.224 e. The number of nitrogens with zero attached hydrogens (tertiary/aromatic N) is 1. The first-order chi connectivity index (χ1) is 9.93. The average Bonchev–Trinajstić information content (AvgIpc) is 2.43. The number of likely N-dealkylation sites (tertiary alicyclic amines) is 1. The van der Waals surface area contributed by atoms with Crippen molar-refractivity contribution in [2.24, 2.45) is 23.5 Å². The Morgan fingerprint density at radius 3 is 2.67 bits per heavy atom. The molecule has 2 amide bonds. The predicted molar refractivity (Wildman–Crippen MR) is 84.6 cm³/mol. The number of rotatable bonds is 7. The van der Waals surface area contributed by atoms with Gasteiger partial charge in [0, 0.05) is 32.6 Å². The second kappa shape index (κ2) is 9.03. The standard InChI is InChI=1S/C16H31N3O2/c1-12(2)9-13(3)10-15(20)19-8-4-5-14(11-19)16(21)18-7-6-17/h12-14H,4-11,17H2,1-3H3,(H,18,21). The Bertz CT molecular complexity index is 344. The molecule has 122 valence electrons. The molecule has 2 atom stereocenters. The molecule has 0 saturated carbocycles. The molecule has 0 radical (unpaired) electrons. The van der Waals surface area contributed by atoms with Crippen molar-refractivity contribution in [1.82, 2.24) is 10.2 Å². The smallest absolute Gasteiger partial charge is 0.224 e. The maximum absolute atomic E-state index is 12.3. The van der Waals surface area contributed by atoms with Crippen molar-refractivity contribution in [1.29, 1.82) is 0 Å². The summed E-state index contributed by atoms with van der Waals surface area (Å²) in [7, 11) is 0. The van der Waals surface area contributed by atoms with E-state index in [4.69, 9.17) is 5.73 Å². The van der Waals surface area contributed by atoms with Gasteiger partial charge in [0.25, 0.3) is 0 Å². The minimum absolute atomic E-state index is 0.0354. The molecule has 1 fully saturated rings. The molecule has 1 rings (SSSR count). The zero-order valence-corrected chi connectivity index (χ0v) is 13.7. The topological polar surface area (TPSA) is 75.4 Å². The van der Waals surface area contributed by atoms with Crippen molar-refractivity contribution in [3.63, 3.8) is 0 Å². The number of amides is 2. The first kappa shape index (κ1) is 18.0. The van der Waals surface area contributed by atoms with E-state index in [-0.39, 0.29) is 17.7 Å². The quantitative estimate of drug-likeness (QED) is 0.745. The molecule has 3 N–H and O–H groups in total. The zero-order chi connectivity index (χ0) is 15.8. The number of nitrogens with one attached hydrogen (secondary N) is 1. The minimum atomic E-state index is -0.0744. The highest BCUT2D eigenvalue weighted by atomic mass is 16.2. The van der Waals surface area contributed by atoms with E-state index in [1.807, 2.05) is 4.90 Å². The SMILES string of the molecule is CC(C)CC(C)CC(=O)N1CCCC(C(=O)NCCN)C1. The molecule has 1 aliphatic heterocycles. The van der Waals surface area contributed by atoms with Crippen LogP contribution in [-0.4, -0.2) is 42.9 Å². The molecule has 5 nitrogen and oxygen atoms in total. The number of nitrogens with two attached hydrogens (primary N) is 1. The summed E-state index contributed by atoms with van der Waals surface area (Å²) < 4.78 is 0. The van der Waals surface area contributed by atoms with Gasteiger partial charge in [-0.3, -0.25) is 9.59 Å². The van der Waals surface area contributed by atoms with Crippen LogP contribution >= 0.6 is 0 Å². The van der Waals surface area contributed by atoms with Crippen LogP contribution in [0.4, 0.5) is 0 Å². The van der Waals surface area contributed by atoms with E-state index < -0.39 is 0 Å². The Hall–Kier alpha value is -1.10. The van der Waals surface area contributed by atoms with Crippen molar-refractivity contribution in [2.75, 3.05) is 26.2 Å². The van der Waals surface area contributed by atoms with E-state index in [9.17, 15) is 9.59 Å². The molecule has 1 heterocycles. The number of carbonyl (C=O) groups excluding carboxylic acids is 2. The van der Waals surface area contributed by atoms with Gasteiger partial charge in [-0.05, 0) is 31.1 Å². The fourth-order valence-corrected chi connectivity index (χ4v) is 3.07. The van der Waals surface area contributed by atoms with Crippen LogP contribution in [0.3, 0.4) is 0 Å². The highest BCUT2D eigenvalue weighted by molar-refractivity contribution is 5.81. The van der Waals surface area contributed by atoms with E-state index in [0.717, 1.165) is 25.8 Å². The lowest BCUT2D eigenvalue weighted by Gasteiger charge is -2.33. The average molecular weight is 297 g/mol. The van der Waals surface area contributed by atoms with Gasteiger partial charge in [-0.15, -0.1) is 0 Å². The summed E-state index contributed by atoms with van der Waals surface area (Å²) in [6.45, 7) is 8.80. The highest BCUT2D eigenvalue weighted by Crippen LogP contribution is 2.20. The van der Waals surface area contributed by atoms with E-state index >= 15 is 0 Å². The maximum atomic E-state index is 12.3. The largest absolute Gasteiger partial charge is 0.355 e. The molecule has 0 aromatic heterocycles. The molecule has 5 heteroatoms. The van der Waals surface area contributed by atoms with E-state index in [0.29, 0.717) is 37.9 Å². The number of hydrogen-bond donors (Lipinski definition) is 2. The third-order valence-corrected chi connectivity index (χ3v) is 3.99. The summed E-state index contributed by atoms with van der Waals surface area (Å²) >= 11 is 0. The summed E-state index contributed by atoms with van der Waals surface area (Å²) in [4.78, 5) is 26.2. The van der Waals surface area contributed by atoms with Crippen LogP contribution in [-0.2, 0) is 9.59 Å². The van der Waals surface area contributed by atoms with Gasteiger partial charge in [0.05, 0.1) is 5.92 Å². The Labute approximate surface area is 128 Å². The molecule has 21 heavy (non-hydrogen) atoms. The van der Waals surface area contributed by atoms with Gasteiger partial charge < -0.3 is 16.0 Å². The summed E-state index contributed by atoms with van der Waals surface area (Å²) in [5, 5.41) is 2.83. The lowest BCUT2D eigenvalue weighted by atomic mass is 9.93. The van der Waals surface area contributed by atoms with Crippen molar-refractivity contribution in [2.45, 2.75) is 46.5 Å². The Balaban J connectivity index is 2.44. The Kier molecular flexibility index (Phi) is 7.72. The van der Waals surface area contributed by atoms with Crippen LogP contribution in [0.25, 0.3) is 0 Å². The molecule has 1 aliphatic rings. The molecule has 0 bridgehead atoms. The van der Waals surface area contributed by atoms with Gasteiger partial charge in [-0.25, -0.2) is 0 Å². The highest BCUT2D eigenvalue weighted by Gasteiger charge is 2.28. The van der Waals surface area contributed by atoms with E-state index in [1.165, 1.54) is 0 Å². The minimum Gasteiger partial charge on any atom is -0.355 e. The van der Waals surface area contributed by atoms with E-state index in [1.54, 1.807) is 0 Å². The first-order valence-electron chi connectivity index (χ1n) is 8.19. The molecular formula is C16H31N3O2. The van der Waals surface area contributed by atoms with Crippen molar-refractivity contribution >= 4 is 11.8 Å². The van der Waals surface area contributed by atoms with Crippen LogP contribution in [0.5, 0.6) is 0 Å². The van der Waals surface area contributed by atoms with Crippen LogP contribution in [0.15, 0.2) is 0 Å². The van der Waals surface area contributed by atoms with Gasteiger partial charge in [0.15, 0.2) is 0 Å². The predicted octanol–water partition coefficient (Wildman–Crippen LogP) is 1.37. The van der Waals surface area contributed by atoms with Crippen LogP contribution in [0.2, 0.25) is 0 Å². The second-order valence-electron chi connectivity index (χ2n) is 6.70. The molecule has 0 spiro atoms. The van der Waals surface area contributed by atoms with Gasteiger partial charge in [0.1, 0.15) is 0 Å². The fourth-order valence-electron chi connectivity index (χ4n) is 3.07. The molecule has 2 unspecified atom stereocenters. The zero-order valence-electron chi connectivity index (χ0n) is 13.7. The Morgan fingerprint density at radius 2 is 2.05 bits per heavy atom. The van der Waals surface area contributed by atoms with Crippen molar-refractivity contribution in [3.05, 3.63) is 0 Å². The van der Waals surface area contributed by atoms with Gasteiger partial charge >= 0.3 is 0 Å². The van der Waals surface area contributed by atoms with Gasteiger partial charge in [0.2, 0.25) is 11.8 Å². The number of piperidine rings is 1. The van der Waals surface area contributed by atoms with Crippen molar-refractivity contribution in [3.8, 4) is 0 Å². The molecule has 0 aromatic carbocycles. The van der Waals surface area contributed by atoms with Crippen LogP contribution in [0, 0.1) is 17.8 Å². The first-order valence-corrected chi connectivity index (χ1v) is 8.19. The monoisotopic (exact) mass is 297 g/mol. The van der Waals surface area contributed by atoms with Gasteiger partial charge in [-0.1, -0.05) is 20.8 Å². The summed E-state index contributed by atoms with van der Waals surface area (Å²) in [5.41, 5.74) is 5.40. The van der Waals surface area contributed by atoms with Crippen molar-refractivity contribution < 1.29 is 9.59 Å². The van der Waals surface area contributed by atoms with Gasteiger partial charge in [-0.2, -0.15) is 0 Å². The third kappa shape index (κ3) is 6.46. The number of hydrogen-bond acceptors (Lipinski definition) is 3. The summed E-state index contributed by atoms with van der Waals surface area (Å²) in [5.74, 6) is 1.18. The molecular weight excluding hydrogens is 266 g/mol.